The first-order chi connectivity index (χ1) is 8.20. The van der Waals surface area contributed by atoms with Gasteiger partial charge in [0.15, 0.2) is 0 Å². The summed E-state index contributed by atoms with van der Waals surface area (Å²) in [5.74, 6) is 0. The summed E-state index contributed by atoms with van der Waals surface area (Å²) in [6.45, 7) is 0. The summed E-state index contributed by atoms with van der Waals surface area (Å²) in [6, 6.07) is 16.2. The zero-order valence-electron chi connectivity index (χ0n) is 8.75. The van der Waals surface area contributed by atoms with Crippen molar-refractivity contribution in [3.8, 4) is 17.2 Å². The van der Waals surface area contributed by atoms with Gasteiger partial charge in [-0.15, -0.1) is 0 Å². The summed E-state index contributed by atoms with van der Waals surface area (Å²) in [7, 11) is 0. The fraction of sp³-hybridized carbons (Fsp3) is 0. The molecule has 17 heavy (non-hydrogen) atoms. The Morgan fingerprint density at radius 1 is 1.24 bits per heavy atom. The summed E-state index contributed by atoms with van der Waals surface area (Å²) in [5, 5.41) is 19.3. The van der Waals surface area contributed by atoms with Crippen LogP contribution in [0.5, 0.6) is 0 Å². The Hall–Kier alpha value is -2.67. The second-order valence-corrected chi connectivity index (χ2v) is 3.41. The molecule has 0 heterocycles. The third-order valence-electron chi connectivity index (χ3n) is 2.32. The first-order valence-corrected chi connectivity index (χ1v) is 4.87. The number of nitrogens with zero attached hydrogens (tertiary/aromatic N) is 2. The number of nitriles is 1. The molecule has 81 valence electrons. The first-order valence-electron chi connectivity index (χ1n) is 4.87. The molecule has 0 spiro atoms. The van der Waals surface area contributed by atoms with E-state index in [2.05, 4.69) is 6.07 Å². The molecule has 0 saturated heterocycles. The minimum atomic E-state index is -0.445. The molecule has 0 amide bonds. The third-order valence-corrected chi connectivity index (χ3v) is 2.32. The van der Waals surface area contributed by atoms with Crippen molar-refractivity contribution in [2.45, 2.75) is 0 Å². The molecule has 2 rings (SSSR count). The van der Waals surface area contributed by atoms with Crippen LogP contribution in [0.1, 0.15) is 5.56 Å². The maximum atomic E-state index is 10.5. The fourth-order valence-electron chi connectivity index (χ4n) is 1.47. The normalized spacial score (nSPS) is 9.59. The SMILES string of the molecule is N#Cc1cc[c]c(-c2ccc([N+](=O)[O-])cc2)c1. The average Bonchev–Trinajstić information content (AvgIpc) is 2.39. The van der Waals surface area contributed by atoms with E-state index >= 15 is 0 Å². The minimum Gasteiger partial charge on any atom is -0.258 e. The van der Waals surface area contributed by atoms with Crippen molar-refractivity contribution < 1.29 is 4.92 Å². The van der Waals surface area contributed by atoms with Crippen molar-refractivity contribution in [3.63, 3.8) is 0 Å². The van der Waals surface area contributed by atoms with Gasteiger partial charge < -0.3 is 0 Å². The van der Waals surface area contributed by atoms with Gasteiger partial charge in [-0.1, -0.05) is 6.07 Å². The Bertz CT molecular complexity index is 598. The van der Waals surface area contributed by atoms with Crippen LogP contribution in [-0.4, -0.2) is 4.92 Å². The van der Waals surface area contributed by atoms with Crippen LogP contribution in [0.4, 0.5) is 5.69 Å². The molecular formula is C13H7N2O2. The van der Waals surface area contributed by atoms with E-state index in [-0.39, 0.29) is 5.69 Å². The largest absolute Gasteiger partial charge is 0.269 e. The van der Waals surface area contributed by atoms with Gasteiger partial charge in [0.1, 0.15) is 0 Å². The fourth-order valence-corrected chi connectivity index (χ4v) is 1.47. The standard InChI is InChI=1S/C13H7N2O2/c14-9-10-2-1-3-12(8-10)11-4-6-13(7-5-11)15(16)17/h1-2,4-8H. The first kappa shape index (κ1) is 10.8. The highest BCUT2D eigenvalue weighted by atomic mass is 16.6. The summed E-state index contributed by atoms with van der Waals surface area (Å²) < 4.78 is 0. The summed E-state index contributed by atoms with van der Waals surface area (Å²) in [6.07, 6.45) is 0. The second kappa shape index (κ2) is 4.45. The summed E-state index contributed by atoms with van der Waals surface area (Å²) in [4.78, 5) is 10.1. The van der Waals surface area contributed by atoms with E-state index in [4.69, 9.17) is 5.26 Å². The molecule has 0 unspecified atom stereocenters. The Balaban J connectivity index is 2.40. The van der Waals surface area contributed by atoms with Gasteiger partial charge in [-0.05, 0) is 41.5 Å². The quantitative estimate of drug-likeness (QED) is 0.580. The van der Waals surface area contributed by atoms with E-state index in [1.807, 2.05) is 6.07 Å². The van der Waals surface area contributed by atoms with E-state index in [9.17, 15) is 10.1 Å². The molecule has 1 radical (unpaired) electrons. The highest BCUT2D eigenvalue weighted by Gasteiger charge is 2.05. The van der Waals surface area contributed by atoms with Crippen LogP contribution >= 0.6 is 0 Å². The van der Waals surface area contributed by atoms with Gasteiger partial charge in [0.25, 0.3) is 5.69 Å². The number of nitro groups is 1. The number of non-ortho nitro benzene ring substituents is 1. The smallest absolute Gasteiger partial charge is 0.258 e. The van der Waals surface area contributed by atoms with E-state index < -0.39 is 4.92 Å². The molecule has 0 bridgehead atoms. The molecule has 4 heteroatoms. The van der Waals surface area contributed by atoms with Crippen molar-refractivity contribution in [1.29, 1.82) is 5.26 Å². The Morgan fingerprint density at radius 2 is 1.94 bits per heavy atom. The van der Waals surface area contributed by atoms with Crippen molar-refractivity contribution in [2.24, 2.45) is 0 Å². The highest BCUT2D eigenvalue weighted by Crippen LogP contribution is 2.22. The lowest BCUT2D eigenvalue weighted by molar-refractivity contribution is -0.384. The van der Waals surface area contributed by atoms with Crippen LogP contribution in [0.25, 0.3) is 11.1 Å². The monoisotopic (exact) mass is 223 g/mol. The van der Waals surface area contributed by atoms with E-state index in [1.54, 1.807) is 30.3 Å². The van der Waals surface area contributed by atoms with Gasteiger partial charge in [-0.2, -0.15) is 5.26 Å². The van der Waals surface area contributed by atoms with Gasteiger partial charge >= 0.3 is 0 Å². The molecule has 0 saturated carbocycles. The Kier molecular flexibility index (Phi) is 2.84. The molecule has 2 aromatic rings. The van der Waals surface area contributed by atoms with Crippen molar-refractivity contribution in [2.75, 3.05) is 0 Å². The van der Waals surface area contributed by atoms with Gasteiger partial charge in [0, 0.05) is 12.1 Å². The van der Waals surface area contributed by atoms with Crippen molar-refractivity contribution >= 4 is 5.69 Å². The highest BCUT2D eigenvalue weighted by molar-refractivity contribution is 5.65. The van der Waals surface area contributed by atoms with Crippen LogP contribution < -0.4 is 0 Å². The van der Waals surface area contributed by atoms with Gasteiger partial charge in [-0.25, -0.2) is 0 Å². The van der Waals surface area contributed by atoms with Gasteiger partial charge in [-0.3, -0.25) is 10.1 Å². The minimum absolute atomic E-state index is 0.0465. The van der Waals surface area contributed by atoms with Gasteiger partial charge in [0.05, 0.1) is 16.6 Å². The average molecular weight is 223 g/mol. The lowest BCUT2D eigenvalue weighted by Gasteiger charge is -2.00. The van der Waals surface area contributed by atoms with Crippen LogP contribution in [0, 0.1) is 27.5 Å². The molecule has 4 nitrogen and oxygen atoms in total. The predicted molar refractivity (Wildman–Crippen MR) is 62.1 cm³/mol. The second-order valence-electron chi connectivity index (χ2n) is 3.41. The Morgan fingerprint density at radius 3 is 2.53 bits per heavy atom. The van der Waals surface area contributed by atoms with Gasteiger partial charge in [0.2, 0.25) is 0 Å². The Labute approximate surface area is 97.9 Å². The van der Waals surface area contributed by atoms with Crippen LogP contribution in [-0.2, 0) is 0 Å². The molecule has 0 atom stereocenters. The maximum absolute atomic E-state index is 10.5. The number of hydrogen-bond acceptors (Lipinski definition) is 3. The number of rotatable bonds is 2. The molecule has 0 aliphatic heterocycles. The van der Waals surface area contributed by atoms with E-state index in [0.29, 0.717) is 5.56 Å². The molecule has 0 N–H and O–H groups in total. The van der Waals surface area contributed by atoms with E-state index in [0.717, 1.165) is 11.1 Å². The molecule has 0 fully saturated rings. The number of hydrogen-bond donors (Lipinski definition) is 0. The van der Waals surface area contributed by atoms with Crippen LogP contribution in [0.15, 0.2) is 42.5 Å². The lowest BCUT2D eigenvalue weighted by atomic mass is 10.0. The zero-order chi connectivity index (χ0) is 12.3. The molecule has 0 aliphatic carbocycles. The number of nitro benzene ring substituents is 1. The topological polar surface area (TPSA) is 66.9 Å². The maximum Gasteiger partial charge on any atom is 0.269 e. The molecule has 0 aromatic heterocycles. The molecule has 0 aliphatic rings. The third kappa shape index (κ3) is 2.29. The zero-order valence-corrected chi connectivity index (χ0v) is 8.75. The number of benzene rings is 2. The molecule has 2 aromatic carbocycles. The van der Waals surface area contributed by atoms with E-state index in [1.165, 1.54) is 12.1 Å². The molecular weight excluding hydrogens is 216 g/mol. The summed E-state index contributed by atoms with van der Waals surface area (Å²) >= 11 is 0. The predicted octanol–water partition coefficient (Wildman–Crippen LogP) is 2.93. The van der Waals surface area contributed by atoms with Crippen molar-refractivity contribution in [1.82, 2.24) is 0 Å². The summed E-state index contributed by atoms with van der Waals surface area (Å²) in [5.41, 5.74) is 2.13. The van der Waals surface area contributed by atoms with Crippen LogP contribution in [0.3, 0.4) is 0 Å². The lowest BCUT2D eigenvalue weighted by Crippen LogP contribution is -1.87. The van der Waals surface area contributed by atoms with Crippen molar-refractivity contribution in [3.05, 3.63) is 64.2 Å². The van der Waals surface area contributed by atoms with Crippen LogP contribution in [0.2, 0.25) is 0 Å².